The number of furan rings is 1. The summed E-state index contributed by atoms with van der Waals surface area (Å²) in [6, 6.07) is 4.99. The van der Waals surface area contributed by atoms with Gasteiger partial charge in [0, 0.05) is 23.7 Å². The maximum Gasteiger partial charge on any atom is 0.259 e. The number of carbonyl (C=O) groups is 1. The summed E-state index contributed by atoms with van der Waals surface area (Å²) < 4.78 is 11.0. The van der Waals surface area contributed by atoms with Crippen LogP contribution in [0.15, 0.2) is 21.1 Å². The van der Waals surface area contributed by atoms with Gasteiger partial charge >= 0.3 is 0 Å². The molecule has 2 aliphatic rings. The molecule has 0 radical (unpaired) electrons. The number of piperidine rings is 1. The highest BCUT2D eigenvalue weighted by molar-refractivity contribution is 6.07. The van der Waals surface area contributed by atoms with E-state index in [4.69, 9.17) is 8.94 Å². The SMILES string of the molecule is Cc1cc(-c2cc(C(=O)NC3CC4CCC(C3)N4)c3c(C)noc3n2)c(C)o1. The average Bonchev–Trinajstić information content (AvgIpc) is 3.31. The normalized spacial score (nSPS) is 24.0. The van der Waals surface area contributed by atoms with Crippen LogP contribution in [0.4, 0.5) is 0 Å². The molecule has 0 aromatic carbocycles. The summed E-state index contributed by atoms with van der Waals surface area (Å²) in [6.45, 7) is 5.62. The van der Waals surface area contributed by atoms with Crippen molar-refractivity contribution < 1.29 is 13.7 Å². The summed E-state index contributed by atoms with van der Waals surface area (Å²) in [7, 11) is 0. The fourth-order valence-electron chi connectivity index (χ4n) is 4.74. The summed E-state index contributed by atoms with van der Waals surface area (Å²) in [6.07, 6.45) is 4.35. The number of fused-ring (bicyclic) bond motifs is 3. The predicted molar refractivity (Wildman–Crippen MR) is 104 cm³/mol. The van der Waals surface area contributed by atoms with Gasteiger partial charge in [-0.3, -0.25) is 4.79 Å². The minimum Gasteiger partial charge on any atom is -0.466 e. The molecule has 2 atom stereocenters. The molecule has 1 amide bonds. The molecular weight excluding hydrogens is 356 g/mol. The van der Waals surface area contributed by atoms with Gasteiger partial charge in [-0.1, -0.05) is 5.16 Å². The van der Waals surface area contributed by atoms with E-state index in [-0.39, 0.29) is 11.9 Å². The molecule has 2 aliphatic heterocycles. The lowest BCUT2D eigenvalue weighted by molar-refractivity contribution is 0.0925. The Balaban J connectivity index is 1.52. The maximum atomic E-state index is 13.2. The molecule has 7 heteroatoms. The molecule has 2 unspecified atom stereocenters. The van der Waals surface area contributed by atoms with E-state index in [0.717, 1.165) is 29.9 Å². The second-order valence-corrected chi connectivity index (χ2v) is 8.11. The predicted octanol–water partition coefficient (Wildman–Crippen LogP) is 3.42. The first kappa shape index (κ1) is 17.4. The van der Waals surface area contributed by atoms with Crippen molar-refractivity contribution in [1.29, 1.82) is 0 Å². The van der Waals surface area contributed by atoms with Crippen molar-refractivity contribution in [2.24, 2.45) is 0 Å². The largest absolute Gasteiger partial charge is 0.466 e. The highest BCUT2D eigenvalue weighted by Gasteiger charge is 2.34. The number of nitrogens with zero attached hydrogens (tertiary/aromatic N) is 2. The zero-order chi connectivity index (χ0) is 19.4. The lowest BCUT2D eigenvalue weighted by Crippen LogP contribution is -2.48. The molecular formula is C21H24N4O3. The second kappa shape index (κ2) is 6.44. The van der Waals surface area contributed by atoms with Gasteiger partial charge in [-0.15, -0.1) is 0 Å². The Morgan fingerprint density at radius 3 is 2.61 bits per heavy atom. The Morgan fingerprint density at radius 2 is 1.93 bits per heavy atom. The number of carbonyl (C=O) groups excluding carboxylic acids is 1. The van der Waals surface area contributed by atoms with Gasteiger partial charge in [0.25, 0.3) is 11.6 Å². The van der Waals surface area contributed by atoms with Crippen LogP contribution in [-0.2, 0) is 0 Å². The van der Waals surface area contributed by atoms with Gasteiger partial charge in [0.1, 0.15) is 11.5 Å². The van der Waals surface area contributed by atoms with E-state index in [1.165, 1.54) is 12.8 Å². The quantitative estimate of drug-likeness (QED) is 0.723. The molecule has 3 aromatic rings. The zero-order valence-electron chi connectivity index (χ0n) is 16.3. The van der Waals surface area contributed by atoms with E-state index in [1.807, 2.05) is 32.9 Å². The molecule has 0 aliphatic carbocycles. The van der Waals surface area contributed by atoms with E-state index in [0.29, 0.717) is 40.1 Å². The van der Waals surface area contributed by atoms with Crippen LogP contribution >= 0.6 is 0 Å². The maximum absolute atomic E-state index is 13.2. The first-order valence-electron chi connectivity index (χ1n) is 9.89. The van der Waals surface area contributed by atoms with Crippen LogP contribution in [0.2, 0.25) is 0 Å². The molecule has 28 heavy (non-hydrogen) atoms. The van der Waals surface area contributed by atoms with Crippen LogP contribution in [0.3, 0.4) is 0 Å². The van der Waals surface area contributed by atoms with Gasteiger partial charge in [-0.2, -0.15) is 0 Å². The van der Waals surface area contributed by atoms with Crippen LogP contribution in [0.1, 0.15) is 53.3 Å². The number of aromatic nitrogens is 2. The average molecular weight is 380 g/mol. The summed E-state index contributed by atoms with van der Waals surface area (Å²) in [5.41, 5.74) is 3.13. The molecule has 5 rings (SSSR count). The highest BCUT2D eigenvalue weighted by Crippen LogP contribution is 2.31. The third kappa shape index (κ3) is 2.90. The Hall–Kier alpha value is -2.67. The number of aryl methyl sites for hydroxylation is 3. The fourth-order valence-corrected chi connectivity index (χ4v) is 4.74. The van der Waals surface area contributed by atoms with Gasteiger partial charge in [-0.25, -0.2) is 4.98 Å². The Bertz CT molecular complexity index is 1060. The Kier molecular flexibility index (Phi) is 4.01. The first-order valence-corrected chi connectivity index (χ1v) is 9.89. The topological polar surface area (TPSA) is 93.2 Å². The van der Waals surface area contributed by atoms with Crippen LogP contribution in [0, 0.1) is 20.8 Å². The van der Waals surface area contributed by atoms with Gasteiger partial charge < -0.3 is 19.6 Å². The number of amides is 1. The minimum absolute atomic E-state index is 0.0934. The Morgan fingerprint density at radius 1 is 1.18 bits per heavy atom. The number of rotatable bonds is 3. The number of nitrogens with one attached hydrogen (secondary N) is 2. The molecule has 0 saturated carbocycles. The zero-order valence-corrected chi connectivity index (χ0v) is 16.3. The molecule has 7 nitrogen and oxygen atoms in total. The number of hydrogen-bond acceptors (Lipinski definition) is 6. The molecule has 5 heterocycles. The van der Waals surface area contributed by atoms with E-state index in [1.54, 1.807) is 0 Å². The van der Waals surface area contributed by atoms with Gasteiger partial charge in [0.15, 0.2) is 0 Å². The second-order valence-electron chi connectivity index (χ2n) is 8.11. The van der Waals surface area contributed by atoms with Crippen LogP contribution in [0.25, 0.3) is 22.4 Å². The van der Waals surface area contributed by atoms with E-state index in [9.17, 15) is 4.79 Å². The van der Waals surface area contributed by atoms with E-state index >= 15 is 0 Å². The molecule has 2 fully saturated rings. The molecule has 0 spiro atoms. The van der Waals surface area contributed by atoms with E-state index in [2.05, 4.69) is 20.8 Å². The smallest absolute Gasteiger partial charge is 0.259 e. The lowest BCUT2D eigenvalue weighted by atomic mass is 9.98. The Labute approximate surface area is 162 Å². The van der Waals surface area contributed by atoms with Crippen molar-refractivity contribution >= 4 is 17.0 Å². The lowest BCUT2D eigenvalue weighted by Gasteiger charge is -2.29. The fraction of sp³-hybridized carbons (Fsp3) is 0.476. The van der Waals surface area contributed by atoms with Crippen molar-refractivity contribution in [3.05, 3.63) is 34.9 Å². The summed E-state index contributed by atoms with van der Waals surface area (Å²) in [4.78, 5) is 17.8. The highest BCUT2D eigenvalue weighted by atomic mass is 16.5. The third-order valence-corrected chi connectivity index (χ3v) is 5.99. The molecule has 2 bridgehead atoms. The van der Waals surface area contributed by atoms with Crippen molar-refractivity contribution in [2.45, 2.75) is 64.6 Å². The monoisotopic (exact) mass is 380 g/mol. The number of hydrogen-bond donors (Lipinski definition) is 2. The first-order chi connectivity index (χ1) is 13.5. The van der Waals surface area contributed by atoms with E-state index < -0.39 is 0 Å². The standard InChI is InChI=1S/C21H24N4O3/c1-10-6-16(12(3)27-10)18-9-17(19-11(2)25-28-21(19)24-18)20(26)23-15-7-13-4-5-14(8-15)22-13/h6,9,13-15,22H,4-5,7-8H2,1-3H3,(H,23,26). The van der Waals surface area contributed by atoms with Crippen molar-refractivity contribution in [1.82, 2.24) is 20.8 Å². The van der Waals surface area contributed by atoms with Crippen LogP contribution in [0.5, 0.6) is 0 Å². The van der Waals surface area contributed by atoms with Gasteiger partial charge in [0.2, 0.25) is 0 Å². The number of pyridine rings is 1. The molecule has 2 saturated heterocycles. The molecule has 3 aromatic heterocycles. The summed E-state index contributed by atoms with van der Waals surface area (Å²) >= 11 is 0. The molecule has 2 N–H and O–H groups in total. The van der Waals surface area contributed by atoms with Crippen molar-refractivity contribution in [3.8, 4) is 11.3 Å². The summed E-state index contributed by atoms with van der Waals surface area (Å²) in [5, 5.41) is 11.6. The van der Waals surface area contributed by atoms with Gasteiger partial charge in [-0.05, 0) is 58.6 Å². The minimum atomic E-state index is -0.0934. The van der Waals surface area contributed by atoms with Gasteiger partial charge in [0.05, 0.1) is 22.3 Å². The summed E-state index contributed by atoms with van der Waals surface area (Å²) in [5.74, 6) is 1.48. The van der Waals surface area contributed by atoms with Crippen LogP contribution in [-0.4, -0.2) is 34.2 Å². The van der Waals surface area contributed by atoms with Crippen LogP contribution < -0.4 is 10.6 Å². The molecule has 146 valence electrons. The van der Waals surface area contributed by atoms with Crippen molar-refractivity contribution in [3.63, 3.8) is 0 Å². The van der Waals surface area contributed by atoms with Crippen molar-refractivity contribution in [2.75, 3.05) is 0 Å². The third-order valence-electron chi connectivity index (χ3n) is 5.99.